The molecule has 7 heteroatoms. The number of hydrogen-bond donors (Lipinski definition) is 1. The third-order valence-corrected chi connectivity index (χ3v) is 6.63. The Labute approximate surface area is 163 Å². The second kappa shape index (κ2) is 6.57. The fourth-order valence-electron chi connectivity index (χ4n) is 4.42. The summed E-state index contributed by atoms with van der Waals surface area (Å²) in [5, 5.41) is 11.2. The molecular weight excluding hydrogens is 359 g/mol. The van der Waals surface area contributed by atoms with Crippen molar-refractivity contribution in [3.63, 3.8) is 0 Å². The molecule has 6 nitrogen and oxygen atoms in total. The molecule has 1 amide bonds. The summed E-state index contributed by atoms with van der Waals surface area (Å²) in [5.74, 6) is 0.733. The lowest BCUT2D eigenvalue weighted by molar-refractivity contribution is -0.133. The Bertz CT molecular complexity index is 884. The fraction of sp³-hybridized carbons (Fsp3) is 0.571. The van der Waals surface area contributed by atoms with Crippen LogP contribution in [0.5, 0.6) is 0 Å². The quantitative estimate of drug-likeness (QED) is 0.851. The molecule has 0 bridgehead atoms. The number of halogens is 1. The molecule has 0 unspecified atom stereocenters. The molecule has 3 atom stereocenters. The lowest BCUT2D eigenvalue weighted by Gasteiger charge is -2.33. The van der Waals surface area contributed by atoms with Crippen LogP contribution < -0.4 is 5.32 Å². The monoisotopic (exact) mass is 384 g/mol. The van der Waals surface area contributed by atoms with Crippen molar-refractivity contribution in [3.05, 3.63) is 41.5 Å². The van der Waals surface area contributed by atoms with Crippen LogP contribution in [0.4, 0.5) is 10.4 Å². The molecule has 1 N–H and O–H groups in total. The number of rotatable bonds is 5. The summed E-state index contributed by atoms with van der Waals surface area (Å²) in [5.41, 5.74) is 1.51. The van der Waals surface area contributed by atoms with Gasteiger partial charge >= 0.3 is 6.01 Å². The van der Waals surface area contributed by atoms with E-state index in [2.05, 4.69) is 15.5 Å². The molecule has 28 heavy (non-hydrogen) atoms. The van der Waals surface area contributed by atoms with Crippen LogP contribution in [0.2, 0.25) is 0 Å². The first-order valence-electron chi connectivity index (χ1n) is 10.2. The second-order valence-corrected chi connectivity index (χ2v) is 8.64. The summed E-state index contributed by atoms with van der Waals surface area (Å²) >= 11 is 0. The van der Waals surface area contributed by atoms with E-state index in [1.165, 1.54) is 18.9 Å². The third kappa shape index (κ3) is 3.38. The van der Waals surface area contributed by atoms with Crippen LogP contribution in [0.3, 0.4) is 0 Å². The molecule has 2 heterocycles. The van der Waals surface area contributed by atoms with E-state index in [1.54, 1.807) is 12.1 Å². The zero-order valence-electron chi connectivity index (χ0n) is 16.0. The summed E-state index contributed by atoms with van der Waals surface area (Å²) < 4.78 is 19.2. The van der Waals surface area contributed by atoms with Crippen molar-refractivity contribution in [1.82, 2.24) is 15.1 Å². The van der Waals surface area contributed by atoms with Crippen LogP contribution >= 0.6 is 0 Å². The van der Waals surface area contributed by atoms with E-state index < -0.39 is 6.04 Å². The van der Waals surface area contributed by atoms with Crippen LogP contribution in [0.25, 0.3) is 0 Å². The van der Waals surface area contributed by atoms with Gasteiger partial charge in [0.2, 0.25) is 11.8 Å². The standard InChI is InChI=1S/C21H25FN4O2/c1-13(19(27)26-9-7-21(5-6-21)8-10-26)23-20-25-24-18(28-20)17-12-16(17)14-3-2-4-15(22)11-14/h2-4,11,13,16-17H,5-10,12H2,1H3,(H,23,25)/t13-,16+,17+/m0/s1. The van der Waals surface area contributed by atoms with Gasteiger partial charge in [0.05, 0.1) is 0 Å². The number of nitrogens with zero attached hydrogens (tertiary/aromatic N) is 3. The number of hydrogen-bond acceptors (Lipinski definition) is 5. The van der Waals surface area contributed by atoms with Crippen LogP contribution in [0, 0.1) is 11.2 Å². The number of carbonyl (C=O) groups is 1. The Morgan fingerprint density at radius 1 is 1.25 bits per heavy atom. The normalized spacial score (nSPS) is 26.1. The van der Waals surface area contributed by atoms with Crippen LogP contribution in [0.1, 0.15) is 62.3 Å². The van der Waals surface area contributed by atoms with Gasteiger partial charge in [0.25, 0.3) is 0 Å². The number of piperidine rings is 1. The molecule has 0 radical (unpaired) electrons. The maximum Gasteiger partial charge on any atom is 0.316 e. The highest BCUT2D eigenvalue weighted by Gasteiger charge is 2.46. The van der Waals surface area contributed by atoms with E-state index >= 15 is 0 Å². The number of nitrogens with one attached hydrogen (secondary N) is 1. The van der Waals surface area contributed by atoms with Gasteiger partial charge in [-0.15, -0.1) is 5.10 Å². The Kier molecular flexibility index (Phi) is 4.14. The van der Waals surface area contributed by atoms with Crippen molar-refractivity contribution in [2.24, 2.45) is 5.41 Å². The highest BCUT2D eigenvalue weighted by molar-refractivity contribution is 5.83. The van der Waals surface area contributed by atoms with Crippen LogP contribution in [0.15, 0.2) is 28.7 Å². The van der Waals surface area contributed by atoms with E-state index in [-0.39, 0.29) is 29.6 Å². The third-order valence-electron chi connectivity index (χ3n) is 6.63. The minimum absolute atomic E-state index is 0.0827. The number of benzene rings is 1. The fourth-order valence-corrected chi connectivity index (χ4v) is 4.42. The molecule has 2 aromatic rings. The maximum absolute atomic E-state index is 13.4. The average Bonchev–Trinajstić information content (AvgIpc) is 3.61. The molecule has 1 aliphatic heterocycles. The first-order valence-corrected chi connectivity index (χ1v) is 10.2. The summed E-state index contributed by atoms with van der Waals surface area (Å²) in [6.45, 7) is 3.52. The zero-order valence-corrected chi connectivity index (χ0v) is 16.0. The molecule has 1 aromatic heterocycles. The van der Waals surface area contributed by atoms with E-state index in [0.717, 1.165) is 37.9 Å². The smallest absolute Gasteiger partial charge is 0.316 e. The highest BCUT2D eigenvalue weighted by atomic mass is 19.1. The van der Waals surface area contributed by atoms with Gasteiger partial charge in [-0.25, -0.2) is 4.39 Å². The minimum Gasteiger partial charge on any atom is -0.408 e. The molecule has 1 aromatic carbocycles. The summed E-state index contributed by atoms with van der Waals surface area (Å²) in [7, 11) is 0. The SMILES string of the molecule is C[C@H](Nc1nnc([C@@H]2C[C@@H]2c2cccc(F)c2)o1)C(=O)N1CCC2(CC1)CC2. The average molecular weight is 384 g/mol. The van der Waals surface area contributed by atoms with Crippen molar-refractivity contribution in [3.8, 4) is 0 Å². The van der Waals surface area contributed by atoms with Crippen molar-refractivity contribution >= 4 is 11.9 Å². The van der Waals surface area contributed by atoms with E-state index in [4.69, 9.17) is 4.42 Å². The summed E-state index contributed by atoms with van der Waals surface area (Å²) in [4.78, 5) is 14.6. The van der Waals surface area contributed by atoms with Gasteiger partial charge in [-0.3, -0.25) is 4.79 Å². The molecule has 3 fully saturated rings. The van der Waals surface area contributed by atoms with Crippen LogP contribution in [-0.4, -0.2) is 40.1 Å². The van der Waals surface area contributed by atoms with Gasteiger partial charge in [-0.1, -0.05) is 17.2 Å². The second-order valence-electron chi connectivity index (χ2n) is 8.64. The topological polar surface area (TPSA) is 71.3 Å². The highest BCUT2D eigenvalue weighted by Crippen LogP contribution is 2.54. The van der Waals surface area contributed by atoms with Crippen molar-refractivity contribution in [2.75, 3.05) is 18.4 Å². The summed E-state index contributed by atoms with van der Waals surface area (Å²) in [6, 6.07) is 6.52. The van der Waals surface area contributed by atoms with Gasteiger partial charge in [-0.05, 0) is 68.1 Å². The van der Waals surface area contributed by atoms with Gasteiger partial charge < -0.3 is 14.6 Å². The number of anilines is 1. The molecule has 3 aliphatic rings. The zero-order chi connectivity index (χ0) is 19.3. The van der Waals surface area contributed by atoms with Gasteiger partial charge in [-0.2, -0.15) is 0 Å². The van der Waals surface area contributed by atoms with Crippen molar-refractivity contribution in [1.29, 1.82) is 0 Å². The Hall–Kier alpha value is -2.44. The van der Waals surface area contributed by atoms with Crippen molar-refractivity contribution in [2.45, 2.75) is 56.9 Å². The first-order chi connectivity index (χ1) is 13.5. The molecule has 148 valence electrons. The molecule has 1 spiro atoms. The van der Waals surface area contributed by atoms with Crippen molar-refractivity contribution < 1.29 is 13.6 Å². The predicted molar refractivity (Wildman–Crippen MR) is 101 cm³/mol. The number of likely N-dealkylation sites (tertiary alicyclic amines) is 1. The first kappa shape index (κ1) is 17.6. The predicted octanol–water partition coefficient (Wildman–Crippen LogP) is 3.68. The number of carbonyl (C=O) groups excluding carboxylic acids is 1. The maximum atomic E-state index is 13.4. The molecule has 2 saturated carbocycles. The summed E-state index contributed by atoms with van der Waals surface area (Å²) in [6.07, 6.45) is 5.77. The van der Waals surface area contributed by atoms with Gasteiger partial charge in [0.1, 0.15) is 11.9 Å². The Morgan fingerprint density at radius 2 is 2.04 bits per heavy atom. The number of aromatic nitrogens is 2. The molecular formula is C21H25FN4O2. The van der Waals surface area contributed by atoms with Gasteiger partial charge in [0, 0.05) is 19.0 Å². The van der Waals surface area contributed by atoms with E-state index in [1.807, 2.05) is 17.9 Å². The minimum atomic E-state index is -0.403. The molecule has 2 aliphatic carbocycles. The largest absolute Gasteiger partial charge is 0.408 e. The Morgan fingerprint density at radius 3 is 2.75 bits per heavy atom. The lowest BCUT2D eigenvalue weighted by Crippen LogP contribution is -2.45. The molecule has 1 saturated heterocycles. The van der Waals surface area contributed by atoms with E-state index in [9.17, 15) is 9.18 Å². The van der Waals surface area contributed by atoms with E-state index in [0.29, 0.717) is 11.3 Å². The van der Waals surface area contributed by atoms with Gasteiger partial charge in [0.15, 0.2) is 0 Å². The Balaban J connectivity index is 1.17. The lowest BCUT2D eigenvalue weighted by atomic mass is 9.93. The molecule has 5 rings (SSSR count). The number of amides is 1. The van der Waals surface area contributed by atoms with Crippen LogP contribution in [-0.2, 0) is 4.79 Å².